The molecule has 0 bridgehead atoms. The summed E-state index contributed by atoms with van der Waals surface area (Å²) in [6, 6.07) is 4.41. The number of ether oxygens (including phenoxy) is 3. The van der Waals surface area contributed by atoms with Gasteiger partial charge in [-0.25, -0.2) is 9.59 Å². The molecule has 0 aliphatic carbocycles. The van der Waals surface area contributed by atoms with Crippen molar-refractivity contribution in [3.05, 3.63) is 23.3 Å². The number of carboxylic acid groups (broad SMARTS) is 1. The molecule has 2 aliphatic heterocycles. The maximum absolute atomic E-state index is 12.7. The fraction of sp³-hybridized carbons (Fsp3) is 0.692. The van der Waals surface area contributed by atoms with Crippen molar-refractivity contribution in [3.8, 4) is 11.5 Å². The highest BCUT2D eigenvalue weighted by Gasteiger charge is 2.41. The van der Waals surface area contributed by atoms with Gasteiger partial charge in [0.2, 0.25) is 0 Å². The van der Waals surface area contributed by atoms with Crippen LogP contribution in [-0.2, 0) is 16.0 Å². The molecule has 0 saturated carbocycles. The van der Waals surface area contributed by atoms with Crippen LogP contribution in [0.4, 0.5) is 4.79 Å². The Morgan fingerprint density at radius 2 is 1.82 bits per heavy atom. The fourth-order valence-corrected chi connectivity index (χ4v) is 5.23. The van der Waals surface area contributed by atoms with Crippen LogP contribution < -0.4 is 9.47 Å². The zero-order valence-electron chi connectivity index (χ0n) is 21.6. The molecular weight excluding hydrogens is 436 g/mol. The van der Waals surface area contributed by atoms with Crippen LogP contribution in [0.3, 0.4) is 0 Å². The summed E-state index contributed by atoms with van der Waals surface area (Å²) < 4.78 is 16.8. The zero-order chi connectivity index (χ0) is 25.2. The number of methoxy groups -OCH3 is 2. The molecule has 1 amide bonds. The number of hydrogen-bond acceptors (Lipinski definition) is 6. The number of likely N-dealkylation sites (N-methyl/N-ethyl adjacent to an activating group) is 1. The summed E-state index contributed by atoms with van der Waals surface area (Å²) in [5, 5.41) is 9.45. The van der Waals surface area contributed by atoms with Crippen molar-refractivity contribution >= 4 is 12.1 Å². The molecule has 1 fully saturated rings. The van der Waals surface area contributed by atoms with E-state index in [2.05, 4.69) is 30.9 Å². The zero-order valence-corrected chi connectivity index (χ0v) is 21.6. The molecule has 1 aromatic rings. The van der Waals surface area contributed by atoms with Crippen LogP contribution in [0, 0.1) is 17.8 Å². The number of aliphatic carboxylic acids is 1. The Morgan fingerprint density at radius 3 is 2.41 bits per heavy atom. The van der Waals surface area contributed by atoms with Crippen LogP contribution in [0.5, 0.6) is 11.5 Å². The standard InChI is InChI=1S/C26H40N2O6/c1-16(2)10-18-14-28-9-8-17-12-22(32-6)23(33-7)13-20(17)21(28)11-19(18)15-34-25(31)27(5)26(3,4)24(29)30/h12-13,16,18-19,21H,8-11,14-15H2,1-7H3,(H,29,30). The number of hydrogen-bond donors (Lipinski definition) is 1. The number of nitrogens with zero attached hydrogens (tertiary/aromatic N) is 2. The van der Waals surface area contributed by atoms with E-state index in [1.54, 1.807) is 14.2 Å². The monoisotopic (exact) mass is 476 g/mol. The maximum atomic E-state index is 12.7. The van der Waals surface area contributed by atoms with E-state index in [1.807, 2.05) is 0 Å². The summed E-state index contributed by atoms with van der Waals surface area (Å²) in [6.07, 6.45) is 2.29. The quantitative estimate of drug-likeness (QED) is 0.601. The Kier molecular flexibility index (Phi) is 8.01. The molecule has 0 spiro atoms. The lowest BCUT2D eigenvalue weighted by atomic mass is 9.74. The molecule has 1 aromatic carbocycles. The number of piperidine rings is 1. The topological polar surface area (TPSA) is 88.5 Å². The van der Waals surface area contributed by atoms with Crippen LogP contribution >= 0.6 is 0 Å². The highest BCUT2D eigenvalue weighted by Crippen LogP contribution is 2.45. The smallest absolute Gasteiger partial charge is 0.410 e. The van der Waals surface area contributed by atoms with Gasteiger partial charge in [-0.1, -0.05) is 13.8 Å². The summed E-state index contributed by atoms with van der Waals surface area (Å²) in [6.45, 7) is 9.67. The van der Waals surface area contributed by atoms with Crippen molar-refractivity contribution in [1.82, 2.24) is 9.80 Å². The highest BCUT2D eigenvalue weighted by molar-refractivity contribution is 5.83. The fourth-order valence-electron chi connectivity index (χ4n) is 5.23. The van der Waals surface area contributed by atoms with Crippen LogP contribution in [0.2, 0.25) is 0 Å². The van der Waals surface area contributed by atoms with E-state index in [4.69, 9.17) is 14.2 Å². The summed E-state index contributed by atoms with van der Waals surface area (Å²) in [7, 11) is 4.78. The first-order valence-corrected chi connectivity index (χ1v) is 12.1. The van der Waals surface area contributed by atoms with Gasteiger partial charge in [-0.15, -0.1) is 0 Å². The van der Waals surface area contributed by atoms with Crippen molar-refractivity contribution in [2.45, 2.75) is 58.5 Å². The van der Waals surface area contributed by atoms with Gasteiger partial charge in [-0.3, -0.25) is 9.80 Å². The lowest BCUT2D eigenvalue weighted by Gasteiger charge is -2.47. The average molecular weight is 477 g/mol. The van der Waals surface area contributed by atoms with Crippen LogP contribution in [0.1, 0.15) is 57.7 Å². The number of benzene rings is 1. The van der Waals surface area contributed by atoms with E-state index >= 15 is 0 Å². The van der Waals surface area contributed by atoms with E-state index in [9.17, 15) is 14.7 Å². The predicted molar refractivity (Wildman–Crippen MR) is 129 cm³/mol. The van der Waals surface area contributed by atoms with Gasteiger partial charge in [-0.2, -0.15) is 0 Å². The average Bonchev–Trinajstić information content (AvgIpc) is 2.80. The first kappa shape index (κ1) is 26.1. The largest absolute Gasteiger partial charge is 0.493 e. The number of rotatable bonds is 8. The van der Waals surface area contributed by atoms with E-state index < -0.39 is 17.6 Å². The molecule has 2 aliphatic rings. The second-order valence-electron chi connectivity index (χ2n) is 10.6. The SMILES string of the molecule is COc1cc2c(cc1OC)C1CC(COC(=O)N(C)C(C)(C)C(=O)O)C(CC(C)C)CN1CC2. The van der Waals surface area contributed by atoms with E-state index in [0.717, 1.165) is 48.8 Å². The van der Waals surface area contributed by atoms with E-state index in [-0.39, 0.29) is 18.6 Å². The lowest BCUT2D eigenvalue weighted by molar-refractivity contribution is -0.147. The molecule has 0 aromatic heterocycles. The number of carbonyl (C=O) groups is 2. The van der Waals surface area contributed by atoms with Crippen molar-refractivity contribution < 1.29 is 28.9 Å². The Bertz CT molecular complexity index is 900. The van der Waals surface area contributed by atoms with Gasteiger partial charge in [0.15, 0.2) is 11.5 Å². The van der Waals surface area contributed by atoms with Gasteiger partial charge in [-0.05, 0) is 74.1 Å². The van der Waals surface area contributed by atoms with E-state index in [1.165, 1.54) is 32.0 Å². The third-order valence-corrected chi connectivity index (χ3v) is 7.61. The summed E-state index contributed by atoms with van der Waals surface area (Å²) in [4.78, 5) is 28.0. The van der Waals surface area contributed by atoms with Crippen LogP contribution in [-0.4, -0.2) is 73.5 Å². The molecule has 3 rings (SSSR count). The van der Waals surface area contributed by atoms with Gasteiger partial charge < -0.3 is 19.3 Å². The van der Waals surface area contributed by atoms with Crippen LogP contribution in [0.25, 0.3) is 0 Å². The van der Waals surface area contributed by atoms with Gasteiger partial charge >= 0.3 is 12.1 Å². The molecule has 1 saturated heterocycles. The molecule has 8 nitrogen and oxygen atoms in total. The van der Waals surface area contributed by atoms with Gasteiger partial charge in [0.25, 0.3) is 0 Å². The Morgan fingerprint density at radius 1 is 1.18 bits per heavy atom. The number of carbonyl (C=O) groups excluding carboxylic acids is 1. The number of fused-ring (bicyclic) bond motifs is 3. The summed E-state index contributed by atoms with van der Waals surface area (Å²) in [5.74, 6) is 1.54. The molecule has 3 atom stereocenters. The second-order valence-corrected chi connectivity index (χ2v) is 10.6. The molecule has 8 heteroatoms. The predicted octanol–water partition coefficient (Wildman–Crippen LogP) is 4.22. The minimum atomic E-state index is -1.34. The first-order chi connectivity index (χ1) is 16.0. The van der Waals surface area contributed by atoms with Crippen molar-refractivity contribution in [1.29, 1.82) is 0 Å². The molecule has 34 heavy (non-hydrogen) atoms. The first-order valence-electron chi connectivity index (χ1n) is 12.1. The molecule has 2 heterocycles. The molecule has 3 unspecified atom stereocenters. The van der Waals surface area contributed by atoms with Crippen molar-refractivity contribution in [2.75, 3.05) is 41.0 Å². The Balaban J connectivity index is 1.81. The van der Waals surface area contributed by atoms with Crippen molar-refractivity contribution in [3.63, 3.8) is 0 Å². The summed E-state index contributed by atoms with van der Waals surface area (Å²) in [5.41, 5.74) is 1.20. The van der Waals surface area contributed by atoms with Crippen LogP contribution in [0.15, 0.2) is 12.1 Å². The Hall–Kier alpha value is -2.48. The third kappa shape index (κ3) is 5.27. The molecule has 0 radical (unpaired) electrons. The van der Waals surface area contributed by atoms with Gasteiger partial charge in [0, 0.05) is 26.2 Å². The molecular formula is C26H40N2O6. The van der Waals surface area contributed by atoms with Crippen molar-refractivity contribution in [2.24, 2.45) is 17.8 Å². The second kappa shape index (κ2) is 10.4. The lowest BCUT2D eigenvalue weighted by Crippen LogP contribution is -2.51. The minimum Gasteiger partial charge on any atom is -0.493 e. The van der Waals surface area contributed by atoms with Gasteiger partial charge in [0.1, 0.15) is 5.54 Å². The summed E-state index contributed by atoms with van der Waals surface area (Å²) >= 11 is 0. The maximum Gasteiger partial charge on any atom is 0.410 e. The normalized spacial score (nSPS) is 22.5. The highest BCUT2D eigenvalue weighted by atomic mass is 16.6. The number of amides is 1. The van der Waals surface area contributed by atoms with Gasteiger partial charge in [0.05, 0.1) is 20.8 Å². The minimum absolute atomic E-state index is 0.188. The third-order valence-electron chi connectivity index (χ3n) is 7.61. The van der Waals surface area contributed by atoms with E-state index in [0.29, 0.717) is 11.8 Å². The number of carboxylic acids is 1. The molecule has 1 N–H and O–H groups in total. The Labute approximate surface area is 203 Å². The molecule has 190 valence electrons.